The summed E-state index contributed by atoms with van der Waals surface area (Å²) in [6.45, 7) is 6.75. The lowest BCUT2D eigenvalue weighted by atomic mass is 10.2. The van der Waals surface area contributed by atoms with Crippen molar-refractivity contribution in [1.82, 2.24) is 19.5 Å². The molecule has 5 rings (SSSR count). The van der Waals surface area contributed by atoms with Crippen LogP contribution >= 0.6 is 0 Å². The molecule has 0 spiro atoms. The summed E-state index contributed by atoms with van der Waals surface area (Å²) in [5, 5.41) is 4.45. The number of ether oxygens (including phenoxy) is 2. The van der Waals surface area contributed by atoms with E-state index in [0.717, 1.165) is 35.9 Å². The number of aromatic nitrogens is 4. The van der Waals surface area contributed by atoms with Crippen LogP contribution in [0.15, 0.2) is 53.6 Å². The van der Waals surface area contributed by atoms with E-state index < -0.39 is 0 Å². The van der Waals surface area contributed by atoms with Crippen molar-refractivity contribution in [3.05, 3.63) is 65.5 Å². The lowest BCUT2D eigenvalue weighted by Gasteiger charge is -2.27. The summed E-state index contributed by atoms with van der Waals surface area (Å²) in [5.74, 6) is 2.73. The first-order valence-electron chi connectivity index (χ1n) is 11.2. The van der Waals surface area contributed by atoms with E-state index in [2.05, 4.69) is 34.5 Å². The average Bonchev–Trinajstić information content (AvgIpc) is 3.20. The zero-order valence-electron chi connectivity index (χ0n) is 19.5. The molecule has 2 aromatic carbocycles. The molecule has 0 amide bonds. The first kappa shape index (κ1) is 21.8. The highest BCUT2D eigenvalue weighted by Gasteiger charge is 2.21. The van der Waals surface area contributed by atoms with Gasteiger partial charge in [0.1, 0.15) is 11.6 Å². The monoisotopic (exact) mass is 457 g/mol. The Balaban J connectivity index is 1.60. The molecule has 1 aliphatic rings. The number of hydrazone groups is 1. The Bertz CT molecular complexity index is 1340. The molecule has 3 heterocycles. The van der Waals surface area contributed by atoms with Crippen molar-refractivity contribution in [2.45, 2.75) is 13.8 Å². The zero-order chi connectivity index (χ0) is 23.5. The number of nitrogens with zero attached hydrogens (tertiary/aromatic N) is 6. The van der Waals surface area contributed by atoms with E-state index in [-0.39, 0.29) is 0 Å². The third kappa shape index (κ3) is 4.42. The van der Waals surface area contributed by atoms with Gasteiger partial charge in [0.05, 0.1) is 32.2 Å². The van der Waals surface area contributed by atoms with Crippen LogP contribution in [0, 0.1) is 13.8 Å². The Labute approximate surface area is 198 Å². The van der Waals surface area contributed by atoms with Crippen molar-refractivity contribution in [3.63, 3.8) is 0 Å². The number of fused-ring (bicyclic) bond motifs is 1. The summed E-state index contributed by atoms with van der Waals surface area (Å²) in [6.07, 6.45) is 1.78. The highest BCUT2D eigenvalue weighted by Crippen LogP contribution is 2.28. The van der Waals surface area contributed by atoms with Crippen molar-refractivity contribution in [2.24, 2.45) is 5.10 Å². The van der Waals surface area contributed by atoms with Crippen LogP contribution in [-0.2, 0) is 4.74 Å². The Morgan fingerprint density at radius 2 is 1.85 bits per heavy atom. The number of rotatable bonds is 6. The number of nitrogens with one attached hydrogen (secondary N) is 1. The highest BCUT2D eigenvalue weighted by atomic mass is 16.5. The van der Waals surface area contributed by atoms with Gasteiger partial charge in [0.25, 0.3) is 0 Å². The molecule has 1 aliphatic heterocycles. The lowest BCUT2D eigenvalue weighted by molar-refractivity contribution is 0.122. The number of benzene rings is 2. The van der Waals surface area contributed by atoms with Gasteiger partial charge in [-0.05, 0) is 31.5 Å². The molecule has 0 saturated carbocycles. The van der Waals surface area contributed by atoms with Crippen molar-refractivity contribution >= 4 is 29.1 Å². The second-order valence-electron chi connectivity index (χ2n) is 8.12. The molecule has 2 aromatic heterocycles. The molecule has 174 valence electrons. The number of imidazole rings is 1. The largest absolute Gasteiger partial charge is 0.497 e. The molecular formula is C25H27N7O2. The predicted molar refractivity (Wildman–Crippen MR) is 133 cm³/mol. The smallest absolute Gasteiger partial charge is 0.229 e. The molecule has 0 unspecified atom stereocenters. The van der Waals surface area contributed by atoms with Gasteiger partial charge in [-0.1, -0.05) is 35.9 Å². The van der Waals surface area contributed by atoms with E-state index in [4.69, 9.17) is 24.4 Å². The SMILES string of the molecule is COc1cccc(-n2c(C)nc3c(NN=Cc4cccc(C)c4)nc(N4CCOCC4)nc32)c1. The molecule has 0 atom stereocenters. The predicted octanol–water partition coefficient (Wildman–Crippen LogP) is 3.72. The fourth-order valence-corrected chi connectivity index (χ4v) is 4.02. The third-order valence-corrected chi connectivity index (χ3v) is 5.69. The van der Waals surface area contributed by atoms with Gasteiger partial charge in [0.15, 0.2) is 17.0 Å². The molecule has 0 radical (unpaired) electrons. The van der Waals surface area contributed by atoms with Crippen LogP contribution < -0.4 is 15.1 Å². The number of morpholine rings is 1. The normalized spacial score (nSPS) is 14.1. The molecule has 1 saturated heterocycles. The lowest BCUT2D eigenvalue weighted by Crippen LogP contribution is -2.37. The van der Waals surface area contributed by atoms with Crippen molar-refractivity contribution in [1.29, 1.82) is 0 Å². The summed E-state index contributed by atoms with van der Waals surface area (Å²) in [5.41, 5.74) is 7.56. The number of hydrogen-bond donors (Lipinski definition) is 1. The minimum absolute atomic E-state index is 0.556. The van der Waals surface area contributed by atoms with Gasteiger partial charge in [-0.3, -0.25) is 9.99 Å². The fraction of sp³-hybridized carbons (Fsp3) is 0.280. The maximum atomic E-state index is 5.52. The molecule has 0 bridgehead atoms. The molecule has 1 N–H and O–H groups in total. The average molecular weight is 458 g/mol. The second kappa shape index (κ2) is 9.48. The summed E-state index contributed by atoms with van der Waals surface area (Å²) < 4.78 is 13.0. The minimum atomic E-state index is 0.556. The molecule has 4 aromatic rings. The molecule has 0 aliphatic carbocycles. The summed E-state index contributed by atoms with van der Waals surface area (Å²) >= 11 is 0. The minimum Gasteiger partial charge on any atom is -0.497 e. The van der Waals surface area contributed by atoms with Gasteiger partial charge >= 0.3 is 0 Å². The highest BCUT2D eigenvalue weighted by molar-refractivity contribution is 5.87. The van der Waals surface area contributed by atoms with Gasteiger partial charge in [-0.15, -0.1) is 0 Å². The fourth-order valence-electron chi connectivity index (χ4n) is 4.02. The number of methoxy groups -OCH3 is 1. The zero-order valence-corrected chi connectivity index (χ0v) is 19.5. The van der Waals surface area contributed by atoms with E-state index in [1.165, 1.54) is 5.56 Å². The summed E-state index contributed by atoms with van der Waals surface area (Å²) in [6, 6.07) is 16.0. The summed E-state index contributed by atoms with van der Waals surface area (Å²) in [7, 11) is 1.66. The molecule has 1 fully saturated rings. The number of anilines is 2. The third-order valence-electron chi connectivity index (χ3n) is 5.69. The molecule has 9 heteroatoms. The maximum Gasteiger partial charge on any atom is 0.229 e. The van der Waals surface area contributed by atoms with E-state index in [1.807, 2.05) is 47.9 Å². The van der Waals surface area contributed by atoms with Crippen molar-refractivity contribution in [2.75, 3.05) is 43.7 Å². The summed E-state index contributed by atoms with van der Waals surface area (Å²) in [4.78, 5) is 16.6. The van der Waals surface area contributed by atoms with Gasteiger partial charge in [-0.25, -0.2) is 4.98 Å². The standard InChI is InChI=1S/C25H27N7O2/c1-17-6-4-7-19(14-17)16-26-30-23-22-24(29-25(28-23)31-10-12-34-13-11-31)32(18(2)27-22)20-8-5-9-21(15-20)33-3/h4-9,14-16H,10-13H2,1-3H3,(H,28,29,30). The van der Waals surface area contributed by atoms with Crippen LogP contribution in [0.4, 0.5) is 11.8 Å². The van der Waals surface area contributed by atoms with Crippen LogP contribution in [-0.4, -0.2) is 59.1 Å². The first-order chi connectivity index (χ1) is 16.6. The Hall–Kier alpha value is -3.98. The van der Waals surface area contributed by atoms with Gasteiger partial charge in [0.2, 0.25) is 5.95 Å². The van der Waals surface area contributed by atoms with Crippen LogP contribution in [0.25, 0.3) is 16.9 Å². The number of hydrogen-bond acceptors (Lipinski definition) is 8. The molecular weight excluding hydrogens is 430 g/mol. The van der Waals surface area contributed by atoms with Crippen LogP contribution in [0.5, 0.6) is 5.75 Å². The van der Waals surface area contributed by atoms with Crippen molar-refractivity contribution in [3.8, 4) is 11.4 Å². The first-order valence-corrected chi connectivity index (χ1v) is 11.2. The maximum absolute atomic E-state index is 5.52. The van der Waals surface area contributed by atoms with Gasteiger partial charge in [-0.2, -0.15) is 15.1 Å². The van der Waals surface area contributed by atoms with E-state index in [9.17, 15) is 0 Å². The van der Waals surface area contributed by atoms with E-state index in [1.54, 1.807) is 13.3 Å². The Morgan fingerprint density at radius 1 is 1.03 bits per heavy atom. The van der Waals surface area contributed by atoms with E-state index in [0.29, 0.717) is 36.1 Å². The topological polar surface area (TPSA) is 89.7 Å². The van der Waals surface area contributed by atoms with Gasteiger partial charge in [0, 0.05) is 19.2 Å². The van der Waals surface area contributed by atoms with Crippen LogP contribution in [0.2, 0.25) is 0 Å². The number of aryl methyl sites for hydroxylation is 2. The Kier molecular flexibility index (Phi) is 6.09. The van der Waals surface area contributed by atoms with Crippen molar-refractivity contribution < 1.29 is 9.47 Å². The molecule has 34 heavy (non-hydrogen) atoms. The second-order valence-corrected chi connectivity index (χ2v) is 8.12. The molecule has 9 nitrogen and oxygen atoms in total. The van der Waals surface area contributed by atoms with E-state index >= 15 is 0 Å². The van der Waals surface area contributed by atoms with Crippen LogP contribution in [0.3, 0.4) is 0 Å². The van der Waals surface area contributed by atoms with Crippen LogP contribution in [0.1, 0.15) is 17.0 Å². The Morgan fingerprint density at radius 3 is 2.65 bits per heavy atom. The quantitative estimate of drug-likeness (QED) is 0.349. The van der Waals surface area contributed by atoms with Gasteiger partial charge < -0.3 is 14.4 Å².